The van der Waals surface area contributed by atoms with Gasteiger partial charge in [-0.2, -0.15) is 0 Å². The lowest BCUT2D eigenvalue weighted by Crippen LogP contribution is -2.50. The van der Waals surface area contributed by atoms with Crippen molar-refractivity contribution in [1.82, 2.24) is 9.88 Å². The topological polar surface area (TPSA) is 36.4 Å². The predicted octanol–water partition coefficient (Wildman–Crippen LogP) is 3.77. The minimum Gasteiger partial charge on any atom is -0.353 e. The molecule has 2 fully saturated rings. The van der Waals surface area contributed by atoms with Crippen LogP contribution >= 0.6 is 0 Å². The van der Waals surface area contributed by atoms with Crippen LogP contribution in [0.1, 0.15) is 37.7 Å². The van der Waals surface area contributed by atoms with Gasteiger partial charge in [0.05, 0.1) is 5.52 Å². The molecule has 2 aliphatic rings. The molecule has 1 aliphatic carbocycles. The maximum absolute atomic E-state index is 12.7. The summed E-state index contributed by atoms with van der Waals surface area (Å²) in [4.78, 5) is 22.0. The number of para-hydroxylation sites is 1. The third-order valence-corrected chi connectivity index (χ3v) is 5.78. The summed E-state index contributed by atoms with van der Waals surface area (Å²) in [5, 5.41) is 1.22. The number of pyridine rings is 1. The summed E-state index contributed by atoms with van der Waals surface area (Å²) in [5.74, 6) is 1.71. The Balaban J connectivity index is 1.44. The van der Waals surface area contributed by atoms with Crippen molar-refractivity contribution in [2.24, 2.45) is 5.92 Å². The second-order valence-corrected chi connectivity index (χ2v) is 7.46. The molecule has 1 aliphatic heterocycles. The van der Waals surface area contributed by atoms with Crippen LogP contribution in [0.15, 0.2) is 30.3 Å². The van der Waals surface area contributed by atoms with E-state index in [1.165, 1.54) is 30.2 Å². The van der Waals surface area contributed by atoms with Gasteiger partial charge in [0, 0.05) is 37.5 Å². The molecular formula is C21H27N3O. The van der Waals surface area contributed by atoms with Crippen molar-refractivity contribution in [1.29, 1.82) is 0 Å². The number of benzene rings is 1. The van der Waals surface area contributed by atoms with Gasteiger partial charge in [0.2, 0.25) is 5.91 Å². The summed E-state index contributed by atoms with van der Waals surface area (Å²) in [6.07, 6.45) is 5.91. The van der Waals surface area contributed by atoms with Gasteiger partial charge in [-0.1, -0.05) is 37.5 Å². The van der Waals surface area contributed by atoms with E-state index in [4.69, 9.17) is 4.98 Å². The number of rotatable bonds is 2. The minimum absolute atomic E-state index is 0.279. The van der Waals surface area contributed by atoms with Crippen LogP contribution in [0.3, 0.4) is 0 Å². The SMILES string of the molecule is Cc1cc(N2CCN(C(=O)C3CCCCC3)CC2)nc2ccccc12. The molecule has 0 spiro atoms. The Labute approximate surface area is 149 Å². The number of carbonyl (C=O) groups excluding carboxylic acids is 1. The van der Waals surface area contributed by atoms with Crippen molar-refractivity contribution in [2.75, 3.05) is 31.1 Å². The molecule has 132 valence electrons. The molecule has 1 saturated carbocycles. The summed E-state index contributed by atoms with van der Waals surface area (Å²) >= 11 is 0. The van der Waals surface area contributed by atoms with Crippen molar-refractivity contribution in [3.63, 3.8) is 0 Å². The molecule has 0 radical (unpaired) electrons. The lowest BCUT2D eigenvalue weighted by atomic mass is 9.88. The van der Waals surface area contributed by atoms with Crippen molar-refractivity contribution >= 4 is 22.6 Å². The number of anilines is 1. The maximum atomic E-state index is 12.7. The fourth-order valence-corrected chi connectivity index (χ4v) is 4.26. The van der Waals surface area contributed by atoms with E-state index in [2.05, 4.69) is 41.0 Å². The van der Waals surface area contributed by atoms with Crippen LogP contribution in [0.2, 0.25) is 0 Å². The Morgan fingerprint density at radius 2 is 1.76 bits per heavy atom. The summed E-state index contributed by atoms with van der Waals surface area (Å²) in [6.45, 7) is 5.55. The zero-order valence-corrected chi connectivity index (χ0v) is 15.1. The molecule has 0 bridgehead atoms. The quantitative estimate of drug-likeness (QED) is 0.837. The van der Waals surface area contributed by atoms with E-state index in [9.17, 15) is 4.79 Å². The van der Waals surface area contributed by atoms with Crippen LogP contribution in [0.25, 0.3) is 10.9 Å². The lowest BCUT2D eigenvalue weighted by Gasteiger charge is -2.37. The van der Waals surface area contributed by atoms with E-state index in [1.807, 2.05) is 6.07 Å². The first-order valence-electron chi connectivity index (χ1n) is 9.62. The third kappa shape index (κ3) is 3.35. The highest BCUT2D eigenvalue weighted by Crippen LogP contribution is 2.27. The monoisotopic (exact) mass is 337 g/mol. The molecule has 1 amide bonds. The summed E-state index contributed by atoms with van der Waals surface area (Å²) in [5.41, 5.74) is 2.32. The van der Waals surface area contributed by atoms with Crippen LogP contribution < -0.4 is 4.90 Å². The number of nitrogens with zero attached hydrogens (tertiary/aromatic N) is 3. The van der Waals surface area contributed by atoms with E-state index in [0.717, 1.165) is 50.4 Å². The normalized spacial score (nSPS) is 19.4. The second-order valence-electron chi connectivity index (χ2n) is 7.46. The Hall–Kier alpha value is -2.10. The third-order valence-electron chi connectivity index (χ3n) is 5.78. The number of hydrogen-bond donors (Lipinski definition) is 0. The molecule has 2 heterocycles. The van der Waals surface area contributed by atoms with E-state index in [0.29, 0.717) is 5.91 Å². The average molecular weight is 337 g/mol. The number of aromatic nitrogens is 1. The summed E-state index contributed by atoms with van der Waals surface area (Å²) in [7, 11) is 0. The molecule has 1 saturated heterocycles. The van der Waals surface area contributed by atoms with Crippen LogP contribution in [-0.4, -0.2) is 42.0 Å². The van der Waals surface area contributed by atoms with Gasteiger partial charge < -0.3 is 9.80 Å². The standard InChI is InChI=1S/C21H27N3O/c1-16-15-20(22-19-10-6-5-9-18(16)19)23-11-13-24(14-12-23)21(25)17-7-3-2-4-8-17/h5-6,9-10,15,17H,2-4,7-8,11-14H2,1H3. The average Bonchev–Trinajstić information content (AvgIpc) is 2.68. The van der Waals surface area contributed by atoms with Gasteiger partial charge in [0.15, 0.2) is 0 Å². The molecule has 4 rings (SSSR count). The molecule has 1 aromatic heterocycles. The minimum atomic E-state index is 0.279. The largest absolute Gasteiger partial charge is 0.353 e. The molecule has 4 heteroatoms. The zero-order chi connectivity index (χ0) is 17.2. The Kier molecular flexibility index (Phi) is 4.60. The van der Waals surface area contributed by atoms with E-state index < -0.39 is 0 Å². The highest BCUT2D eigenvalue weighted by molar-refractivity contribution is 5.84. The first-order valence-corrected chi connectivity index (χ1v) is 9.62. The molecule has 4 nitrogen and oxygen atoms in total. The van der Waals surface area contributed by atoms with Gasteiger partial charge in [-0.25, -0.2) is 4.98 Å². The lowest BCUT2D eigenvalue weighted by molar-refractivity contribution is -0.136. The number of amides is 1. The first kappa shape index (κ1) is 16.4. The fraction of sp³-hybridized carbons (Fsp3) is 0.524. The number of fused-ring (bicyclic) bond motifs is 1. The van der Waals surface area contributed by atoms with Crippen molar-refractivity contribution in [3.05, 3.63) is 35.9 Å². The molecule has 0 N–H and O–H groups in total. The van der Waals surface area contributed by atoms with Gasteiger partial charge in [-0.05, 0) is 37.5 Å². The smallest absolute Gasteiger partial charge is 0.225 e. The second kappa shape index (κ2) is 7.03. The number of aryl methyl sites for hydroxylation is 1. The summed E-state index contributed by atoms with van der Waals surface area (Å²) < 4.78 is 0. The van der Waals surface area contributed by atoms with Gasteiger partial charge in [0.25, 0.3) is 0 Å². The van der Waals surface area contributed by atoms with Crippen LogP contribution in [0.5, 0.6) is 0 Å². The molecule has 0 atom stereocenters. The highest BCUT2D eigenvalue weighted by Gasteiger charge is 2.28. The van der Waals surface area contributed by atoms with Crippen molar-refractivity contribution in [3.8, 4) is 0 Å². The van der Waals surface area contributed by atoms with Gasteiger partial charge in [-0.3, -0.25) is 4.79 Å². The zero-order valence-electron chi connectivity index (χ0n) is 15.1. The fourth-order valence-electron chi connectivity index (χ4n) is 4.26. The Morgan fingerprint density at radius 1 is 1.04 bits per heavy atom. The van der Waals surface area contributed by atoms with Crippen LogP contribution in [-0.2, 0) is 4.79 Å². The molecule has 25 heavy (non-hydrogen) atoms. The summed E-state index contributed by atoms with van der Waals surface area (Å²) in [6, 6.07) is 10.5. The molecule has 0 unspecified atom stereocenters. The highest BCUT2D eigenvalue weighted by atomic mass is 16.2. The molecular weight excluding hydrogens is 310 g/mol. The molecule has 1 aromatic carbocycles. The maximum Gasteiger partial charge on any atom is 0.225 e. The van der Waals surface area contributed by atoms with E-state index >= 15 is 0 Å². The van der Waals surface area contributed by atoms with Crippen molar-refractivity contribution in [2.45, 2.75) is 39.0 Å². The van der Waals surface area contributed by atoms with E-state index in [-0.39, 0.29) is 5.92 Å². The van der Waals surface area contributed by atoms with Gasteiger partial charge in [0.1, 0.15) is 5.82 Å². The van der Waals surface area contributed by atoms with E-state index in [1.54, 1.807) is 0 Å². The van der Waals surface area contributed by atoms with Gasteiger partial charge in [-0.15, -0.1) is 0 Å². The molecule has 2 aromatic rings. The Morgan fingerprint density at radius 3 is 2.52 bits per heavy atom. The number of piperazine rings is 1. The number of carbonyl (C=O) groups is 1. The first-order chi connectivity index (χ1) is 12.2. The predicted molar refractivity (Wildman–Crippen MR) is 102 cm³/mol. The van der Waals surface area contributed by atoms with Crippen LogP contribution in [0, 0.1) is 12.8 Å². The number of hydrogen-bond acceptors (Lipinski definition) is 3. The van der Waals surface area contributed by atoms with Crippen molar-refractivity contribution < 1.29 is 4.79 Å². The van der Waals surface area contributed by atoms with Gasteiger partial charge >= 0.3 is 0 Å². The van der Waals surface area contributed by atoms with Crippen LogP contribution in [0.4, 0.5) is 5.82 Å². The Bertz CT molecular complexity index is 759.